The van der Waals surface area contributed by atoms with Crippen molar-refractivity contribution in [2.24, 2.45) is 0 Å². The molecule has 1 atom stereocenters. The van der Waals surface area contributed by atoms with Crippen LogP contribution in [0.1, 0.15) is 29.8 Å². The maximum Gasteiger partial charge on any atom is 0.194 e. The Morgan fingerprint density at radius 3 is 2.79 bits per heavy atom. The molecule has 0 aliphatic carbocycles. The SMILES string of the molecule is O=C(c1ccnn1-c1ccccc1)C1CCCCS1. The van der Waals surface area contributed by atoms with Gasteiger partial charge in [0.1, 0.15) is 5.69 Å². The second-order valence-corrected chi connectivity index (χ2v) is 5.99. The number of thioether (sulfide) groups is 1. The van der Waals surface area contributed by atoms with E-state index >= 15 is 0 Å². The van der Waals surface area contributed by atoms with Gasteiger partial charge in [0.25, 0.3) is 0 Å². The monoisotopic (exact) mass is 272 g/mol. The summed E-state index contributed by atoms with van der Waals surface area (Å²) in [6, 6.07) is 11.6. The van der Waals surface area contributed by atoms with E-state index in [1.807, 2.05) is 36.4 Å². The number of aromatic nitrogens is 2. The fourth-order valence-electron chi connectivity index (χ4n) is 2.38. The maximum atomic E-state index is 12.6. The molecule has 3 rings (SSSR count). The first kappa shape index (κ1) is 12.5. The number of para-hydroxylation sites is 1. The fraction of sp³-hybridized carbons (Fsp3) is 0.333. The summed E-state index contributed by atoms with van der Waals surface area (Å²) in [5.74, 6) is 1.31. The Morgan fingerprint density at radius 1 is 1.21 bits per heavy atom. The molecular weight excluding hydrogens is 256 g/mol. The Bertz CT molecular complexity index is 559. The van der Waals surface area contributed by atoms with Crippen molar-refractivity contribution in [1.29, 1.82) is 0 Å². The average Bonchev–Trinajstić information content (AvgIpc) is 2.98. The molecule has 1 aliphatic rings. The van der Waals surface area contributed by atoms with Gasteiger partial charge in [-0.05, 0) is 36.8 Å². The lowest BCUT2D eigenvalue weighted by Crippen LogP contribution is -2.23. The molecule has 2 heterocycles. The van der Waals surface area contributed by atoms with Crippen LogP contribution in [-0.2, 0) is 0 Å². The fourth-order valence-corrected chi connectivity index (χ4v) is 3.64. The Labute approximate surface area is 117 Å². The number of hydrogen-bond donors (Lipinski definition) is 0. The van der Waals surface area contributed by atoms with Gasteiger partial charge in [-0.2, -0.15) is 16.9 Å². The molecule has 1 aliphatic heterocycles. The average molecular weight is 272 g/mol. The molecule has 2 aromatic rings. The molecule has 0 amide bonds. The van der Waals surface area contributed by atoms with Gasteiger partial charge in [0.2, 0.25) is 0 Å². The molecule has 0 radical (unpaired) electrons. The number of benzene rings is 1. The summed E-state index contributed by atoms with van der Waals surface area (Å²) in [5, 5.41) is 4.39. The summed E-state index contributed by atoms with van der Waals surface area (Å²) >= 11 is 1.78. The van der Waals surface area contributed by atoms with Gasteiger partial charge in [-0.15, -0.1) is 0 Å². The first-order chi connectivity index (χ1) is 9.36. The van der Waals surface area contributed by atoms with Gasteiger partial charge in [-0.25, -0.2) is 4.68 Å². The lowest BCUT2D eigenvalue weighted by Gasteiger charge is -2.20. The van der Waals surface area contributed by atoms with Crippen LogP contribution in [0.15, 0.2) is 42.6 Å². The number of carbonyl (C=O) groups is 1. The molecule has 4 heteroatoms. The van der Waals surface area contributed by atoms with Crippen LogP contribution >= 0.6 is 11.8 Å². The second kappa shape index (κ2) is 5.61. The Hall–Kier alpha value is -1.55. The van der Waals surface area contributed by atoms with E-state index in [-0.39, 0.29) is 11.0 Å². The zero-order chi connectivity index (χ0) is 13.1. The lowest BCUT2D eigenvalue weighted by atomic mass is 10.1. The molecule has 0 spiro atoms. The van der Waals surface area contributed by atoms with Gasteiger partial charge in [0.15, 0.2) is 5.78 Å². The summed E-state index contributed by atoms with van der Waals surface area (Å²) in [4.78, 5) is 12.6. The first-order valence-electron chi connectivity index (χ1n) is 6.61. The predicted molar refractivity (Wildman–Crippen MR) is 78.0 cm³/mol. The smallest absolute Gasteiger partial charge is 0.194 e. The van der Waals surface area contributed by atoms with Gasteiger partial charge in [-0.3, -0.25) is 4.79 Å². The third-order valence-corrected chi connectivity index (χ3v) is 4.74. The van der Waals surface area contributed by atoms with Gasteiger partial charge >= 0.3 is 0 Å². The molecular formula is C15H16N2OS. The van der Waals surface area contributed by atoms with Crippen molar-refractivity contribution in [1.82, 2.24) is 9.78 Å². The third kappa shape index (κ3) is 2.59. The largest absolute Gasteiger partial charge is 0.291 e. The van der Waals surface area contributed by atoms with Gasteiger partial charge in [0, 0.05) is 0 Å². The summed E-state index contributed by atoms with van der Waals surface area (Å²) in [5.41, 5.74) is 1.64. The molecule has 0 N–H and O–H groups in total. The summed E-state index contributed by atoms with van der Waals surface area (Å²) in [6.07, 6.45) is 5.08. The topological polar surface area (TPSA) is 34.9 Å². The van der Waals surface area contributed by atoms with E-state index in [1.54, 1.807) is 22.6 Å². The molecule has 98 valence electrons. The van der Waals surface area contributed by atoms with Crippen molar-refractivity contribution in [2.75, 3.05) is 5.75 Å². The number of Topliss-reactive ketones (excluding diaryl/α,β-unsaturated/α-hetero) is 1. The van der Waals surface area contributed by atoms with Crippen molar-refractivity contribution in [2.45, 2.75) is 24.5 Å². The van der Waals surface area contributed by atoms with Crippen LogP contribution in [0.25, 0.3) is 5.69 Å². The zero-order valence-electron chi connectivity index (χ0n) is 10.7. The molecule has 1 aromatic carbocycles. The van der Waals surface area contributed by atoms with Crippen molar-refractivity contribution in [3.63, 3.8) is 0 Å². The van der Waals surface area contributed by atoms with E-state index in [9.17, 15) is 4.79 Å². The van der Waals surface area contributed by atoms with Crippen LogP contribution < -0.4 is 0 Å². The van der Waals surface area contributed by atoms with Crippen molar-refractivity contribution in [3.8, 4) is 5.69 Å². The molecule has 1 fully saturated rings. The van der Waals surface area contributed by atoms with Crippen LogP contribution in [0, 0.1) is 0 Å². The highest BCUT2D eigenvalue weighted by Crippen LogP contribution is 2.28. The van der Waals surface area contributed by atoms with E-state index in [1.165, 1.54) is 6.42 Å². The van der Waals surface area contributed by atoms with E-state index in [2.05, 4.69) is 5.10 Å². The maximum absolute atomic E-state index is 12.6. The first-order valence-corrected chi connectivity index (χ1v) is 7.66. The van der Waals surface area contributed by atoms with E-state index in [4.69, 9.17) is 0 Å². The molecule has 1 aromatic heterocycles. The summed E-state index contributed by atoms with van der Waals surface area (Å²) in [6.45, 7) is 0. The highest BCUT2D eigenvalue weighted by Gasteiger charge is 2.25. The van der Waals surface area contributed by atoms with Crippen molar-refractivity contribution in [3.05, 3.63) is 48.3 Å². The molecule has 0 saturated carbocycles. The zero-order valence-corrected chi connectivity index (χ0v) is 11.5. The van der Waals surface area contributed by atoms with Gasteiger partial charge < -0.3 is 0 Å². The second-order valence-electron chi connectivity index (χ2n) is 4.68. The number of ketones is 1. The van der Waals surface area contributed by atoms with Crippen LogP contribution in [-0.4, -0.2) is 26.6 Å². The predicted octanol–water partition coefficient (Wildman–Crippen LogP) is 3.34. The third-order valence-electron chi connectivity index (χ3n) is 3.37. The minimum absolute atomic E-state index is 0.105. The Kier molecular flexibility index (Phi) is 3.69. The normalized spacial score (nSPS) is 19.3. The highest BCUT2D eigenvalue weighted by molar-refractivity contribution is 8.00. The van der Waals surface area contributed by atoms with E-state index in [0.717, 1.165) is 24.3 Å². The molecule has 19 heavy (non-hydrogen) atoms. The Balaban J connectivity index is 1.89. The van der Waals surface area contributed by atoms with Crippen LogP contribution in [0.2, 0.25) is 0 Å². The molecule has 3 nitrogen and oxygen atoms in total. The number of hydrogen-bond acceptors (Lipinski definition) is 3. The van der Waals surface area contributed by atoms with Gasteiger partial charge in [-0.1, -0.05) is 24.6 Å². The standard InChI is InChI=1S/C15H16N2OS/c18-15(14-8-4-5-11-19-14)13-9-10-16-17(13)12-6-2-1-3-7-12/h1-3,6-7,9-10,14H,4-5,8,11H2. The van der Waals surface area contributed by atoms with Crippen LogP contribution in [0.4, 0.5) is 0 Å². The van der Waals surface area contributed by atoms with E-state index in [0.29, 0.717) is 5.69 Å². The van der Waals surface area contributed by atoms with Crippen molar-refractivity contribution < 1.29 is 4.79 Å². The quantitative estimate of drug-likeness (QED) is 0.804. The highest BCUT2D eigenvalue weighted by atomic mass is 32.2. The minimum Gasteiger partial charge on any atom is -0.291 e. The summed E-state index contributed by atoms with van der Waals surface area (Å²) in [7, 11) is 0. The summed E-state index contributed by atoms with van der Waals surface area (Å²) < 4.78 is 1.75. The number of nitrogens with zero attached hydrogens (tertiary/aromatic N) is 2. The number of rotatable bonds is 3. The number of carbonyl (C=O) groups excluding carboxylic acids is 1. The lowest BCUT2D eigenvalue weighted by molar-refractivity contribution is 0.0977. The van der Waals surface area contributed by atoms with Crippen molar-refractivity contribution >= 4 is 17.5 Å². The van der Waals surface area contributed by atoms with Crippen LogP contribution in [0.5, 0.6) is 0 Å². The molecule has 1 saturated heterocycles. The van der Waals surface area contributed by atoms with E-state index < -0.39 is 0 Å². The molecule has 1 unspecified atom stereocenters. The Morgan fingerprint density at radius 2 is 2.05 bits per heavy atom. The van der Waals surface area contributed by atoms with Gasteiger partial charge in [0.05, 0.1) is 17.1 Å². The van der Waals surface area contributed by atoms with Crippen LogP contribution in [0.3, 0.4) is 0 Å². The molecule has 0 bridgehead atoms. The minimum atomic E-state index is 0.105.